The minimum Gasteiger partial charge on any atom is -0.453 e. The molecular formula is C53H62F8N10O8. The summed E-state index contributed by atoms with van der Waals surface area (Å²) in [7, 11) is 1.67. The van der Waals surface area contributed by atoms with Gasteiger partial charge in [-0.05, 0) is 95.0 Å². The summed E-state index contributed by atoms with van der Waals surface area (Å²) in [5.41, 5.74) is -3.10. The SMILES string of the molecule is COC(=O)NC(C(=O)N[C@@H](Cc1ccc(C#Cc2ccc(N3CCN(C4COC4)CC3)nc2)cc1)[C@@H](O)CN(Cc1c(F)cc(-c2ccn(C3CC3)n2)cc1F)NC(=O)[C@@H](NC(=O)OC)C(C)(C)C(F)(F)F)C(C)(C)C(F)(F)F. The average Bonchev–Trinajstić information content (AvgIpc) is 4.19. The Labute approximate surface area is 450 Å². The molecule has 3 aliphatic rings. The molecule has 0 bridgehead atoms. The van der Waals surface area contributed by atoms with Crippen LogP contribution in [0.4, 0.5) is 50.5 Å². The lowest BCUT2D eigenvalue weighted by Crippen LogP contribution is -2.63. The zero-order valence-electron chi connectivity index (χ0n) is 44.1. The van der Waals surface area contributed by atoms with Gasteiger partial charge < -0.3 is 40.2 Å². The Bertz CT molecular complexity index is 2840. The maximum absolute atomic E-state index is 16.2. The topological polar surface area (TPSA) is 205 Å². The van der Waals surface area contributed by atoms with Gasteiger partial charge in [-0.25, -0.2) is 28.4 Å². The summed E-state index contributed by atoms with van der Waals surface area (Å²) < 4.78 is 136. The van der Waals surface area contributed by atoms with Gasteiger partial charge in [0.2, 0.25) is 5.91 Å². The van der Waals surface area contributed by atoms with Crippen molar-refractivity contribution in [2.24, 2.45) is 10.8 Å². The number of methoxy groups -OCH3 is 2. The minimum absolute atomic E-state index is 0.00561. The van der Waals surface area contributed by atoms with E-state index in [1.165, 1.54) is 18.2 Å². The molecule has 1 unspecified atom stereocenters. The second kappa shape index (κ2) is 24.5. The number of hydrogen-bond donors (Lipinski definition) is 5. The van der Waals surface area contributed by atoms with E-state index in [9.17, 15) is 50.6 Å². The van der Waals surface area contributed by atoms with Crippen LogP contribution in [0.3, 0.4) is 0 Å². The number of anilines is 1. The highest BCUT2D eigenvalue weighted by atomic mass is 19.4. The molecule has 7 rings (SSSR count). The summed E-state index contributed by atoms with van der Waals surface area (Å²) in [4.78, 5) is 62.2. The fourth-order valence-electron chi connectivity index (χ4n) is 8.75. The summed E-state index contributed by atoms with van der Waals surface area (Å²) in [6.45, 7) is 5.23. The Morgan fingerprint density at radius 3 is 1.84 bits per heavy atom. The zero-order chi connectivity index (χ0) is 57.6. The lowest BCUT2D eigenvalue weighted by atomic mass is 9.82. The molecular weight excluding hydrogens is 1060 g/mol. The molecule has 2 aromatic heterocycles. The molecule has 4 atom stereocenters. The first-order valence-electron chi connectivity index (χ1n) is 25.2. The smallest absolute Gasteiger partial charge is 0.407 e. The van der Waals surface area contributed by atoms with Gasteiger partial charge in [0, 0.05) is 73.9 Å². The molecule has 26 heteroatoms. The van der Waals surface area contributed by atoms with Crippen molar-refractivity contribution in [3.05, 3.63) is 101 Å². The number of alkyl carbamates (subject to hydrolysis) is 2. The number of hydrogen-bond acceptors (Lipinski definition) is 13. The summed E-state index contributed by atoms with van der Waals surface area (Å²) >= 11 is 0. The number of halogens is 8. The molecule has 5 N–H and O–H groups in total. The van der Waals surface area contributed by atoms with Crippen LogP contribution in [-0.2, 0) is 36.8 Å². The highest BCUT2D eigenvalue weighted by Gasteiger charge is 2.57. The van der Waals surface area contributed by atoms with Crippen LogP contribution in [0.15, 0.2) is 67.0 Å². The van der Waals surface area contributed by atoms with Gasteiger partial charge in [-0.2, -0.15) is 31.4 Å². The van der Waals surface area contributed by atoms with Crippen LogP contribution in [0.1, 0.15) is 68.8 Å². The van der Waals surface area contributed by atoms with Crippen LogP contribution in [0.2, 0.25) is 0 Å². The molecule has 0 radical (unpaired) electrons. The van der Waals surface area contributed by atoms with Gasteiger partial charge in [0.25, 0.3) is 5.91 Å². The van der Waals surface area contributed by atoms with Crippen LogP contribution in [0, 0.1) is 34.3 Å². The molecule has 18 nitrogen and oxygen atoms in total. The van der Waals surface area contributed by atoms with E-state index in [2.05, 4.69) is 51.9 Å². The molecule has 2 aromatic carbocycles. The van der Waals surface area contributed by atoms with Crippen molar-refractivity contribution >= 4 is 29.8 Å². The van der Waals surface area contributed by atoms with E-state index in [4.69, 9.17) is 4.74 Å². The number of benzene rings is 2. The highest BCUT2D eigenvalue weighted by Crippen LogP contribution is 2.42. The van der Waals surface area contributed by atoms with Gasteiger partial charge in [0.1, 0.15) is 29.5 Å². The zero-order valence-corrected chi connectivity index (χ0v) is 44.1. The molecule has 3 fully saturated rings. The second-order valence-corrected chi connectivity index (χ2v) is 20.7. The first kappa shape index (κ1) is 59.6. The minimum atomic E-state index is -5.18. The van der Waals surface area contributed by atoms with Crippen molar-refractivity contribution in [1.82, 2.24) is 46.0 Å². The number of carbonyl (C=O) groups excluding carboxylic acids is 4. The maximum atomic E-state index is 16.2. The normalized spacial score (nSPS) is 17.1. The molecule has 4 amide bonds. The van der Waals surface area contributed by atoms with Gasteiger partial charge in [0.15, 0.2) is 0 Å². The fraction of sp³-hybridized carbons (Fsp3) is 0.509. The Hall–Kier alpha value is -7.08. The van der Waals surface area contributed by atoms with Crippen molar-refractivity contribution in [3.63, 3.8) is 0 Å². The molecule has 4 aromatic rings. The van der Waals surface area contributed by atoms with E-state index >= 15 is 8.78 Å². The predicted molar refractivity (Wildman–Crippen MR) is 269 cm³/mol. The number of nitrogens with zero attached hydrogens (tertiary/aromatic N) is 6. The first-order chi connectivity index (χ1) is 37.2. The predicted octanol–water partition coefficient (Wildman–Crippen LogP) is 6.03. The van der Waals surface area contributed by atoms with Crippen molar-refractivity contribution in [3.8, 4) is 23.1 Å². The number of carbonyl (C=O) groups is 4. The maximum Gasteiger partial charge on any atom is 0.407 e. The molecule has 1 aliphatic carbocycles. The molecule has 2 aliphatic heterocycles. The Morgan fingerprint density at radius 2 is 1.33 bits per heavy atom. The summed E-state index contributed by atoms with van der Waals surface area (Å²) in [6, 6.07) is 7.25. The number of piperazine rings is 1. The number of rotatable bonds is 19. The Morgan fingerprint density at radius 1 is 0.772 bits per heavy atom. The van der Waals surface area contributed by atoms with Gasteiger partial charge >= 0.3 is 24.5 Å². The van der Waals surface area contributed by atoms with Gasteiger partial charge in [-0.15, -0.1) is 0 Å². The Kier molecular flexibility index (Phi) is 18.5. The van der Waals surface area contributed by atoms with Crippen LogP contribution in [-0.4, -0.2) is 157 Å². The number of pyridine rings is 1. The van der Waals surface area contributed by atoms with Crippen molar-refractivity contribution in [2.75, 3.05) is 65.1 Å². The quantitative estimate of drug-likeness (QED) is 0.0414. The van der Waals surface area contributed by atoms with Crippen molar-refractivity contribution in [1.29, 1.82) is 0 Å². The third-order valence-corrected chi connectivity index (χ3v) is 14.4. The monoisotopic (exact) mass is 1120 g/mol. The number of ether oxygens (including phenoxy) is 3. The van der Waals surface area contributed by atoms with Gasteiger partial charge in [0.05, 0.1) is 68.2 Å². The Balaban J connectivity index is 1.18. The fourth-order valence-corrected chi connectivity index (χ4v) is 8.75. The molecule has 1 saturated carbocycles. The molecule has 4 heterocycles. The van der Waals surface area contributed by atoms with E-state index in [0.717, 1.165) is 84.4 Å². The molecule has 2 saturated heterocycles. The van der Waals surface area contributed by atoms with E-state index in [1.54, 1.807) is 29.2 Å². The molecule has 0 spiro atoms. The van der Waals surface area contributed by atoms with Crippen LogP contribution >= 0.6 is 0 Å². The number of aliphatic hydroxyl groups is 1. The third-order valence-electron chi connectivity index (χ3n) is 14.4. The molecule has 79 heavy (non-hydrogen) atoms. The highest BCUT2D eigenvalue weighted by molar-refractivity contribution is 5.87. The van der Waals surface area contributed by atoms with E-state index in [0.29, 0.717) is 55.4 Å². The van der Waals surface area contributed by atoms with Crippen LogP contribution < -0.4 is 26.3 Å². The third kappa shape index (κ3) is 14.6. The molecule has 428 valence electrons. The number of aromatic nitrogens is 3. The van der Waals surface area contributed by atoms with Crippen LogP contribution in [0.5, 0.6) is 0 Å². The number of alkyl halides is 6. The van der Waals surface area contributed by atoms with Crippen LogP contribution in [0.25, 0.3) is 11.3 Å². The summed E-state index contributed by atoms with van der Waals surface area (Å²) in [6.07, 6.45) is -10.7. The average molecular weight is 1120 g/mol. The number of amides is 4. The lowest BCUT2D eigenvalue weighted by molar-refractivity contribution is -0.221. The van der Waals surface area contributed by atoms with E-state index in [1.807, 2.05) is 22.8 Å². The van der Waals surface area contributed by atoms with Gasteiger partial charge in [-0.3, -0.25) is 24.6 Å². The second-order valence-electron chi connectivity index (χ2n) is 20.7. The largest absolute Gasteiger partial charge is 0.453 e. The number of nitrogens with one attached hydrogen (secondary N) is 4. The lowest BCUT2D eigenvalue weighted by Gasteiger charge is -2.42. The van der Waals surface area contributed by atoms with Gasteiger partial charge in [-0.1, -0.05) is 24.0 Å². The summed E-state index contributed by atoms with van der Waals surface area (Å²) in [5.74, 6) is 1.31. The standard InChI is InChI=1S/C53H62F8N10O8/c1-50(2,52(56,57)58)44(64-48(75)77-5)46(73)63-41(23-32-10-7-31(8-11-32)9-12-33-13-16-43(62-26-33)69-21-19-68(20-22-69)36-29-79-30-36)42(72)28-70(67-47(74)45(65-49(76)78-6)51(3,4)53(59,60)61)27-37-38(54)24-34(25-39(37)55)40-17-18-71(66-40)35-14-15-35/h7-8,10-11,13,16-18,24-26,35-36,41-42,44-45,72H,14-15,19-23,27-30H2,1-6H3,(H,63,73)(H,64,75)(H,65,76)(H,67,74)/t41-,42-,44?,45+/m0/s1. The number of hydrazine groups is 1. The van der Waals surface area contributed by atoms with Crippen molar-refractivity contribution < 1.29 is 73.6 Å². The first-order valence-corrected chi connectivity index (χ1v) is 25.2. The van der Waals surface area contributed by atoms with E-state index < -0.39 is 108 Å². The van der Waals surface area contributed by atoms with E-state index in [-0.39, 0.29) is 17.3 Å². The summed E-state index contributed by atoms with van der Waals surface area (Å²) in [5, 5.41) is 23.2. The number of aliphatic hydroxyl groups excluding tert-OH is 1. The van der Waals surface area contributed by atoms with Crippen molar-refractivity contribution in [2.45, 2.75) is 102 Å².